The van der Waals surface area contributed by atoms with Crippen LogP contribution in [-0.4, -0.2) is 34.0 Å². The van der Waals surface area contributed by atoms with Gasteiger partial charge in [-0.3, -0.25) is 9.88 Å². The quantitative estimate of drug-likeness (QED) is 0.517. The molecule has 0 spiro atoms. The Morgan fingerprint density at radius 2 is 2.03 bits per heavy atom. The van der Waals surface area contributed by atoms with Crippen LogP contribution in [0.15, 0.2) is 36.0 Å². The van der Waals surface area contributed by atoms with Gasteiger partial charge in [-0.2, -0.15) is 0 Å². The summed E-state index contributed by atoms with van der Waals surface area (Å²) in [6, 6.07) is 8.12. The predicted molar refractivity (Wildman–Crippen MR) is 135 cm³/mol. The number of carbonyl (C=O) groups is 1. The van der Waals surface area contributed by atoms with Gasteiger partial charge in [0.05, 0.1) is 10.6 Å². The number of hydrogen-bond acceptors (Lipinski definition) is 4. The Hall–Kier alpha value is -2.42. The van der Waals surface area contributed by atoms with Gasteiger partial charge in [-0.25, -0.2) is 4.79 Å². The fourth-order valence-electron chi connectivity index (χ4n) is 4.92. The zero-order chi connectivity index (χ0) is 23.4. The van der Waals surface area contributed by atoms with Crippen LogP contribution in [0, 0.1) is 23.2 Å². The van der Waals surface area contributed by atoms with Gasteiger partial charge < -0.3 is 5.11 Å². The Morgan fingerprint density at radius 1 is 1.24 bits per heavy atom. The third-order valence-electron chi connectivity index (χ3n) is 6.48. The maximum atomic E-state index is 12.2. The van der Waals surface area contributed by atoms with Crippen molar-refractivity contribution in [3.8, 4) is 11.8 Å². The first kappa shape index (κ1) is 23.7. The number of aromatic carboxylic acids is 1. The first-order valence-electron chi connectivity index (χ1n) is 12.0. The Bertz CT molecular complexity index is 1080. The van der Waals surface area contributed by atoms with E-state index in [9.17, 15) is 9.90 Å². The minimum absolute atomic E-state index is 0.114. The molecule has 3 heterocycles. The van der Waals surface area contributed by atoms with Crippen LogP contribution in [-0.2, 0) is 6.54 Å². The van der Waals surface area contributed by atoms with Gasteiger partial charge >= 0.3 is 5.97 Å². The predicted octanol–water partition coefficient (Wildman–Crippen LogP) is 6.48. The molecule has 0 radical (unpaired) electrons. The SMILES string of the molecule is CC(C)(C)C#Cc1cc(C2=C(C3CCCCC3)CN(Cc3ccccn3)CC2)c(C(=O)O)s1. The molecule has 2 aromatic rings. The summed E-state index contributed by atoms with van der Waals surface area (Å²) in [6.45, 7) is 8.88. The molecule has 0 atom stereocenters. The van der Waals surface area contributed by atoms with Crippen molar-refractivity contribution in [2.24, 2.45) is 11.3 Å². The highest BCUT2D eigenvalue weighted by molar-refractivity contribution is 7.14. The summed E-state index contributed by atoms with van der Waals surface area (Å²) in [5.74, 6) is 6.21. The van der Waals surface area contributed by atoms with Crippen molar-refractivity contribution >= 4 is 22.9 Å². The summed E-state index contributed by atoms with van der Waals surface area (Å²) in [7, 11) is 0. The number of nitrogens with zero attached hydrogens (tertiary/aromatic N) is 2. The summed E-state index contributed by atoms with van der Waals surface area (Å²) in [5, 5.41) is 10.0. The van der Waals surface area contributed by atoms with Crippen LogP contribution in [0.1, 0.15) is 85.1 Å². The molecule has 1 N–H and O–H groups in total. The fourth-order valence-corrected chi connectivity index (χ4v) is 5.80. The van der Waals surface area contributed by atoms with Gasteiger partial charge in [0.1, 0.15) is 4.88 Å². The lowest BCUT2D eigenvalue weighted by molar-refractivity contribution is 0.0702. The van der Waals surface area contributed by atoms with E-state index in [4.69, 9.17) is 0 Å². The maximum absolute atomic E-state index is 12.2. The van der Waals surface area contributed by atoms with Gasteiger partial charge in [-0.15, -0.1) is 11.3 Å². The van der Waals surface area contributed by atoms with Crippen molar-refractivity contribution in [2.45, 2.75) is 65.8 Å². The zero-order valence-electron chi connectivity index (χ0n) is 20.0. The van der Waals surface area contributed by atoms with E-state index in [-0.39, 0.29) is 5.41 Å². The molecule has 1 aliphatic heterocycles. The number of aromatic nitrogens is 1. The second-order valence-corrected chi connectivity index (χ2v) is 11.3. The molecule has 0 saturated heterocycles. The summed E-state index contributed by atoms with van der Waals surface area (Å²) < 4.78 is 0. The lowest BCUT2D eigenvalue weighted by Crippen LogP contribution is -2.34. The molecule has 0 unspecified atom stereocenters. The second-order valence-electron chi connectivity index (χ2n) is 10.3. The topological polar surface area (TPSA) is 53.4 Å². The van der Waals surface area contributed by atoms with Crippen molar-refractivity contribution in [3.05, 3.63) is 57.0 Å². The van der Waals surface area contributed by atoms with E-state index >= 15 is 0 Å². The number of thiophene rings is 1. The van der Waals surface area contributed by atoms with E-state index in [0.29, 0.717) is 10.8 Å². The highest BCUT2D eigenvalue weighted by Gasteiger charge is 2.30. The molecule has 0 aromatic carbocycles. The molecule has 1 saturated carbocycles. The average molecular weight is 463 g/mol. The number of hydrogen-bond donors (Lipinski definition) is 1. The monoisotopic (exact) mass is 462 g/mol. The summed E-state index contributed by atoms with van der Waals surface area (Å²) in [6.07, 6.45) is 8.98. The van der Waals surface area contributed by atoms with Crippen LogP contribution in [0.25, 0.3) is 5.57 Å². The zero-order valence-corrected chi connectivity index (χ0v) is 20.8. The molecule has 2 aromatic heterocycles. The van der Waals surface area contributed by atoms with Crippen LogP contribution in [0.5, 0.6) is 0 Å². The van der Waals surface area contributed by atoms with E-state index in [1.54, 1.807) is 0 Å². The maximum Gasteiger partial charge on any atom is 0.346 e. The number of carboxylic acids is 1. The first-order chi connectivity index (χ1) is 15.8. The van der Waals surface area contributed by atoms with Crippen molar-refractivity contribution in [2.75, 3.05) is 13.1 Å². The lowest BCUT2D eigenvalue weighted by Gasteiger charge is -2.36. The van der Waals surface area contributed by atoms with Gasteiger partial charge in [-0.1, -0.05) is 37.2 Å². The molecule has 33 heavy (non-hydrogen) atoms. The molecule has 5 heteroatoms. The molecule has 174 valence electrons. The molecule has 0 bridgehead atoms. The Morgan fingerprint density at radius 3 is 2.70 bits per heavy atom. The minimum atomic E-state index is -0.842. The van der Waals surface area contributed by atoms with Crippen LogP contribution in [0.3, 0.4) is 0 Å². The first-order valence-corrected chi connectivity index (χ1v) is 12.9. The molecular weight excluding hydrogens is 428 g/mol. The summed E-state index contributed by atoms with van der Waals surface area (Å²) >= 11 is 1.32. The summed E-state index contributed by atoms with van der Waals surface area (Å²) in [4.78, 5) is 20.5. The molecule has 4 nitrogen and oxygen atoms in total. The number of rotatable bonds is 5. The van der Waals surface area contributed by atoms with Gasteiger partial charge in [0.25, 0.3) is 0 Å². The molecule has 1 fully saturated rings. The normalized spacial score (nSPS) is 18.2. The Kier molecular flexibility index (Phi) is 7.36. The van der Waals surface area contributed by atoms with Crippen LogP contribution >= 0.6 is 11.3 Å². The van der Waals surface area contributed by atoms with E-state index in [2.05, 4.69) is 48.6 Å². The van der Waals surface area contributed by atoms with Gasteiger partial charge in [0.15, 0.2) is 0 Å². The number of carboxylic acid groups (broad SMARTS) is 1. The van der Waals surface area contributed by atoms with E-state index in [1.165, 1.54) is 54.6 Å². The lowest BCUT2D eigenvalue weighted by atomic mass is 9.78. The minimum Gasteiger partial charge on any atom is -0.477 e. The Balaban J connectivity index is 1.71. The van der Waals surface area contributed by atoms with Crippen molar-refractivity contribution in [1.82, 2.24) is 9.88 Å². The Labute approximate surface area is 201 Å². The van der Waals surface area contributed by atoms with Crippen molar-refractivity contribution < 1.29 is 9.90 Å². The standard InChI is InChI=1S/C28H34N2O2S/c1-28(2,3)14-12-22-17-24(26(33-22)27(31)32)23-13-16-30(18-21-11-7-8-15-29-21)19-25(23)20-9-5-4-6-10-20/h7-8,11,15,17,20H,4-6,9-10,13,16,18-19H2,1-3H3,(H,31,32). The van der Waals surface area contributed by atoms with Crippen LogP contribution in [0.4, 0.5) is 0 Å². The van der Waals surface area contributed by atoms with Crippen molar-refractivity contribution in [3.63, 3.8) is 0 Å². The molecular formula is C28H34N2O2S. The summed E-state index contributed by atoms with van der Waals surface area (Å²) in [5.41, 5.74) is 4.59. The highest BCUT2D eigenvalue weighted by Crippen LogP contribution is 2.41. The third-order valence-corrected chi connectivity index (χ3v) is 7.52. The number of pyridine rings is 1. The van der Waals surface area contributed by atoms with E-state index in [1.807, 2.05) is 24.4 Å². The largest absolute Gasteiger partial charge is 0.477 e. The molecule has 1 aliphatic carbocycles. The molecule has 0 amide bonds. The smallest absolute Gasteiger partial charge is 0.346 e. The third kappa shape index (κ3) is 6.13. The molecule has 4 rings (SSSR count). The van der Waals surface area contributed by atoms with E-state index < -0.39 is 5.97 Å². The molecule has 2 aliphatic rings. The van der Waals surface area contributed by atoms with Gasteiger partial charge in [0.2, 0.25) is 0 Å². The highest BCUT2D eigenvalue weighted by atomic mass is 32.1. The van der Waals surface area contributed by atoms with Gasteiger partial charge in [-0.05, 0) is 75.3 Å². The van der Waals surface area contributed by atoms with Gasteiger partial charge in [0, 0.05) is 36.8 Å². The van der Waals surface area contributed by atoms with Crippen LogP contribution < -0.4 is 0 Å². The average Bonchev–Trinajstić information content (AvgIpc) is 3.23. The fraction of sp³-hybridized carbons (Fsp3) is 0.500. The van der Waals surface area contributed by atoms with Crippen LogP contribution in [0.2, 0.25) is 0 Å². The van der Waals surface area contributed by atoms with Crippen molar-refractivity contribution in [1.29, 1.82) is 0 Å². The second kappa shape index (κ2) is 10.2. The van der Waals surface area contributed by atoms with E-state index in [0.717, 1.165) is 42.2 Å².